The van der Waals surface area contributed by atoms with Gasteiger partial charge in [0.1, 0.15) is 0 Å². The molecule has 2 nitrogen and oxygen atoms in total. The predicted octanol–water partition coefficient (Wildman–Crippen LogP) is 4.06. The van der Waals surface area contributed by atoms with Crippen molar-refractivity contribution < 1.29 is 31.3 Å². The SMILES string of the molecule is CC1(C)OB(Sc2c(F)c(F)c(F)c(F)c2F)OC1(C)C. The Hall–Kier alpha value is -0.795. The molecule has 1 aliphatic heterocycles. The number of hydrogen-bond donors (Lipinski definition) is 0. The van der Waals surface area contributed by atoms with Gasteiger partial charge in [0.2, 0.25) is 5.82 Å². The Morgan fingerprint density at radius 1 is 0.714 bits per heavy atom. The van der Waals surface area contributed by atoms with Crippen molar-refractivity contribution in [2.75, 3.05) is 0 Å². The van der Waals surface area contributed by atoms with Crippen LogP contribution < -0.4 is 0 Å². The van der Waals surface area contributed by atoms with Gasteiger partial charge in [0.25, 0.3) is 0 Å². The molecule has 0 amide bonds. The molecule has 1 aromatic carbocycles. The molecule has 0 aromatic heterocycles. The van der Waals surface area contributed by atoms with Gasteiger partial charge in [-0.15, -0.1) is 11.6 Å². The van der Waals surface area contributed by atoms with Gasteiger partial charge in [0.05, 0.1) is 16.1 Å². The minimum Gasteiger partial charge on any atom is -0.394 e. The summed E-state index contributed by atoms with van der Waals surface area (Å²) >= 11 is 0.305. The predicted molar refractivity (Wildman–Crippen MR) is 68.2 cm³/mol. The van der Waals surface area contributed by atoms with E-state index in [0.717, 1.165) is 0 Å². The second-order valence-electron chi connectivity index (χ2n) is 5.56. The van der Waals surface area contributed by atoms with Crippen LogP contribution >= 0.6 is 11.6 Å². The highest BCUT2D eigenvalue weighted by Gasteiger charge is 2.52. The lowest BCUT2D eigenvalue weighted by Gasteiger charge is -2.32. The number of benzene rings is 1. The van der Waals surface area contributed by atoms with Gasteiger partial charge >= 0.3 is 6.40 Å². The molecule has 1 fully saturated rings. The quantitative estimate of drug-likeness (QED) is 0.353. The zero-order valence-corrected chi connectivity index (χ0v) is 12.5. The van der Waals surface area contributed by atoms with Crippen molar-refractivity contribution in [1.82, 2.24) is 0 Å². The third-order valence-electron chi connectivity index (χ3n) is 3.62. The summed E-state index contributed by atoms with van der Waals surface area (Å²) in [5, 5.41) is 0. The zero-order chi connectivity index (χ0) is 16.2. The third kappa shape index (κ3) is 2.66. The molecule has 0 radical (unpaired) electrons. The lowest BCUT2D eigenvalue weighted by Crippen LogP contribution is -2.41. The molecule has 1 saturated heterocycles. The van der Waals surface area contributed by atoms with Crippen LogP contribution in [0.2, 0.25) is 0 Å². The van der Waals surface area contributed by atoms with E-state index in [-0.39, 0.29) is 0 Å². The molecule has 1 aliphatic rings. The highest BCUT2D eigenvalue weighted by Crippen LogP contribution is 2.43. The van der Waals surface area contributed by atoms with Gasteiger partial charge in [0, 0.05) is 0 Å². The van der Waals surface area contributed by atoms with E-state index in [9.17, 15) is 22.0 Å². The van der Waals surface area contributed by atoms with E-state index in [1.807, 2.05) is 0 Å². The van der Waals surface area contributed by atoms with Crippen molar-refractivity contribution in [2.24, 2.45) is 0 Å². The van der Waals surface area contributed by atoms with E-state index >= 15 is 0 Å². The smallest absolute Gasteiger partial charge is 0.394 e. The van der Waals surface area contributed by atoms with E-state index in [4.69, 9.17) is 9.31 Å². The first-order valence-corrected chi connectivity index (χ1v) is 6.89. The minimum absolute atomic E-state index is 0.305. The van der Waals surface area contributed by atoms with Crippen LogP contribution in [0.5, 0.6) is 0 Å². The van der Waals surface area contributed by atoms with Crippen molar-refractivity contribution in [3.05, 3.63) is 29.1 Å². The molecule has 0 bridgehead atoms. The molecule has 0 saturated carbocycles. The molecule has 0 atom stereocenters. The van der Waals surface area contributed by atoms with Crippen LogP contribution in [0.1, 0.15) is 27.7 Å². The summed E-state index contributed by atoms with van der Waals surface area (Å²) in [6, 6.07) is 0. The molecule has 21 heavy (non-hydrogen) atoms. The lowest BCUT2D eigenvalue weighted by atomic mass is 9.90. The molecule has 9 heteroatoms. The van der Waals surface area contributed by atoms with E-state index in [0.29, 0.717) is 11.6 Å². The Morgan fingerprint density at radius 3 is 1.43 bits per heavy atom. The molecular weight excluding hydrogens is 314 g/mol. The Balaban J connectivity index is 2.35. The molecule has 0 spiro atoms. The highest BCUT2D eigenvalue weighted by molar-refractivity contribution is 8.24. The van der Waals surface area contributed by atoms with Gasteiger partial charge in [-0.2, -0.15) is 0 Å². The summed E-state index contributed by atoms with van der Waals surface area (Å²) in [6.45, 7) is 6.80. The second kappa shape index (κ2) is 5.14. The summed E-state index contributed by atoms with van der Waals surface area (Å²) < 4.78 is 77.3. The van der Waals surface area contributed by atoms with Crippen molar-refractivity contribution in [1.29, 1.82) is 0 Å². The summed E-state index contributed by atoms with van der Waals surface area (Å²) in [5.41, 5.74) is -1.57. The maximum atomic E-state index is 13.6. The maximum absolute atomic E-state index is 13.6. The van der Waals surface area contributed by atoms with Crippen LogP contribution in [-0.4, -0.2) is 17.6 Å². The van der Waals surface area contributed by atoms with E-state index in [2.05, 4.69) is 0 Å². The molecule has 2 rings (SSSR count). The zero-order valence-electron chi connectivity index (χ0n) is 11.7. The first-order chi connectivity index (χ1) is 9.48. The van der Waals surface area contributed by atoms with Crippen LogP contribution in [0.3, 0.4) is 0 Å². The number of rotatable bonds is 2. The van der Waals surface area contributed by atoms with E-state index in [1.54, 1.807) is 27.7 Å². The Labute approximate surface area is 123 Å². The highest BCUT2D eigenvalue weighted by atomic mass is 32.2. The fourth-order valence-electron chi connectivity index (χ4n) is 1.62. The van der Waals surface area contributed by atoms with Crippen LogP contribution in [-0.2, 0) is 9.31 Å². The number of halogens is 5. The van der Waals surface area contributed by atoms with Crippen molar-refractivity contribution >= 4 is 18.0 Å². The topological polar surface area (TPSA) is 18.5 Å². The van der Waals surface area contributed by atoms with Crippen molar-refractivity contribution in [3.63, 3.8) is 0 Å². The van der Waals surface area contributed by atoms with Gasteiger partial charge in [-0.25, -0.2) is 22.0 Å². The molecular formula is C12H12BF5O2S. The van der Waals surface area contributed by atoms with Gasteiger partial charge < -0.3 is 9.31 Å². The van der Waals surface area contributed by atoms with E-state index < -0.39 is 51.6 Å². The third-order valence-corrected chi connectivity index (χ3v) is 4.59. The Bertz CT molecular complexity index is 548. The van der Waals surface area contributed by atoms with Crippen LogP contribution in [0, 0.1) is 29.1 Å². The standard InChI is InChI=1S/C12H12BF5O2S/c1-11(2)12(3,4)20-13(19-11)21-10-8(17)6(15)5(14)7(16)9(10)18/h1-4H3. The molecule has 1 heterocycles. The Morgan fingerprint density at radius 2 is 1.05 bits per heavy atom. The molecule has 0 N–H and O–H groups in total. The normalized spacial score (nSPS) is 20.1. The van der Waals surface area contributed by atoms with Gasteiger partial charge in [0.15, 0.2) is 23.3 Å². The van der Waals surface area contributed by atoms with Gasteiger partial charge in [-0.1, -0.05) is 0 Å². The van der Waals surface area contributed by atoms with Gasteiger partial charge in [-0.05, 0) is 27.7 Å². The Kier molecular flexibility index (Phi) is 4.05. The fraction of sp³-hybridized carbons (Fsp3) is 0.500. The molecule has 1 aromatic rings. The van der Waals surface area contributed by atoms with Crippen molar-refractivity contribution in [2.45, 2.75) is 43.8 Å². The minimum atomic E-state index is -2.19. The van der Waals surface area contributed by atoms with Crippen LogP contribution in [0.4, 0.5) is 22.0 Å². The second-order valence-corrected chi connectivity index (χ2v) is 6.59. The average molecular weight is 326 g/mol. The molecule has 116 valence electrons. The summed E-state index contributed by atoms with van der Waals surface area (Å²) in [6.07, 6.45) is -1.18. The first kappa shape index (κ1) is 16.6. The van der Waals surface area contributed by atoms with E-state index in [1.165, 1.54) is 0 Å². The summed E-state index contributed by atoms with van der Waals surface area (Å²) in [4.78, 5) is -1.02. The first-order valence-electron chi connectivity index (χ1n) is 6.01. The van der Waals surface area contributed by atoms with Crippen molar-refractivity contribution in [3.8, 4) is 0 Å². The number of hydrogen-bond acceptors (Lipinski definition) is 3. The van der Waals surface area contributed by atoms with Crippen LogP contribution in [0.25, 0.3) is 0 Å². The van der Waals surface area contributed by atoms with Crippen LogP contribution in [0.15, 0.2) is 4.90 Å². The van der Waals surface area contributed by atoms with Gasteiger partial charge in [-0.3, -0.25) is 0 Å². The lowest BCUT2D eigenvalue weighted by molar-refractivity contribution is 0.00578. The molecule has 0 aliphatic carbocycles. The summed E-state index contributed by atoms with van der Waals surface area (Å²) in [7, 11) is 0. The monoisotopic (exact) mass is 326 g/mol. The fourth-order valence-corrected chi connectivity index (χ4v) is 2.78. The molecule has 0 unspecified atom stereocenters. The maximum Gasteiger partial charge on any atom is 0.537 e. The summed E-state index contributed by atoms with van der Waals surface area (Å²) in [5.74, 6) is -9.97. The largest absolute Gasteiger partial charge is 0.537 e. The average Bonchev–Trinajstić information content (AvgIpc) is 2.58.